The quantitative estimate of drug-likeness (QED) is 0.335. The number of amides is 1. The molecule has 0 spiro atoms. The van der Waals surface area contributed by atoms with Crippen LogP contribution >= 0.6 is 0 Å². The van der Waals surface area contributed by atoms with E-state index in [4.69, 9.17) is 14.1 Å². The highest BCUT2D eigenvalue weighted by atomic mass is 16.6. The summed E-state index contributed by atoms with van der Waals surface area (Å²) >= 11 is 0. The van der Waals surface area contributed by atoms with Crippen molar-refractivity contribution in [3.05, 3.63) is 78.1 Å². The molecule has 2 heterocycles. The van der Waals surface area contributed by atoms with Crippen LogP contribution in [0.25, 0.3) is 40.0 Å². The highest BCUT2D eigenvalue weighted by molar-refractivity contribution is 5.69. The standard InChI is InChI=1S/C29H32N6O3/c1-18-25(32-24(17-30-18)22-14-12-21(13-15-22)19(2)35(6)7)27-34-33-26(37-27)23-10-8-20(9-11-23)16-31-28(36)38-29(3,4)5/h8-15,17H,2,16H2,1,3-7H3,(H,31,36). The number of nitrogens with zero attached hydrogens (tertiary/aromatic N) is 5. The second kappa shape index (κ2) is 10.8. The van der Waals surface area contributed by atoms with Crippen LogP contribution in [-0.2, 0) is 11.3 Å². The summed E-state index contributed by atoms with van der Waals surface area (Å²) in [7, 11) is 3.93. The molecule has 0 unspecified atom stereocenters. The molecule has 2 aromatic carbocycles. The molecule has 0 bridgehead atoms. The van der Waals surface area contributed by atoms with E-state index < -0.39 is 11.7 Å². The fourth-order valence-corrected chi connectivity index (χ4v) is 3.57. The zero-order valence-electron chi connectivity index (χ0n) is 22.6. The Morgan fingerprint density at radius 3 is 2.26 bits per heavy atom. The highest BCUT2D eigenvalue weighted by Gasteiger charge is 2.17. The van der Waals surface area contributed by atoms with E-state index in [9.17, 15) is 4.79 Å². The van der Waals surface area contributed by atoms with Crippen molar-refractivity contribution >= 4 is 11.8 Å². The Balaban J connectivity index is 1.49. The lowest BCUT2D eigenvalue weighted by atomic mass is 10.1. The van der Waals surface area contributed by atoms with Crippen molar-refractivity contribution in [2.75, 3.05) is 14.1 Å². The fraction of sp³-hybridized carbons (Fsp3) is 0.276. The Morgan fingerprint density at radius 1 is 1.00 bits per heavy atom. The van der Waals surface area contributed by atoms with E-state index in [1.807, 2.05) is 95.2 Å². The third kappa shape index (κ3) is 6.42. The average molecular weight is 513 g/mol. The number of hydrogen-bond donors (Lipinski definition) is 1. The molecule has 9 heteroatoms. The maximum absolute atomic E-state index is 11.9. The number of aromatic nitrogens is 4. The van der Waals surface area contributed by atoms with Crippen molar-refractivity contribution in [3.63, 3.8) is 0 Å². The van der Waals surface area contributed by atoms with Crippen molar-refractivity contribution in [3.8, 4) is 34.3 Å². The van der Waals surface area contributed by atoms with Crippen LogP contribution in [0.5, 0.6) is 0 Å². The number of nitrogens with one attached hydrogen (secondary N) is 1. The first-order valence-electron chi connectivity index (χ1n) is 12.2. The minimum atomic E-state index is -0.544. The number of ether oxygens (including phenoxy) is 1. The van der Waals surface area contributed by atoms with Gasteiger partial charge in [0.15, 0.2) is 0 Å². The van der Waals surface area contributed by atoms with Crippen LogP contribution in [0.15, 0.2) is 65.7 Å². The van der Waals surface area contributed by atoms with Gasteiger partial charge in [0.2, 0.25) is 5.89 Å². The summed E-state index contributed by atoms with van der Waals surface area (Å²) in [4.78, 5) is 23.1. The van der Waals surface area contributed by atoms with Gasteiger partial charge in [-0.15, -0.1) is 10.2 Å². The first-order valence-corrected chi connectivity index (χ1v) is 12.2. The third-order valence-electron chi connectivity index (χ3n) is 5.67. The molecule has 0 fully saturated rings. The summed E-state index contributed by atoms with van der Waals surface area (Å²) < 4.78 is 11.2. The Labute approximate surface area is 222 Å². The van der Waals surface area contributed by atoms with Crippen molar-refractivity contribution < 1.29 is 13.9 Å². The largest absolute Gasteiger partial charge is 0.444 e. The average Bonchev–Trinajstić information content (AvgIpc) is 3.37. The molecule has 0 aliphatic rings. The van der Waals surface area contributed by atoms with Crippen molar-refractivity contribution in [2.24, 2.45) is 0 Å². The van der Waals surface area contributed by atoms with Gasteiger partial charge < -0.3 is 19.4 Å². The Bertz CT molecular complexity index is 1430. The van der Waals surface area contributed by atoms with Crippen LogP contribution in [0.4, 0.5) is 4.79 Å². The molecule has 1 N–H and O–H groups in total. The number of benzene rings is 2. The minimum absolute atomic E-state index is 0.292. The molecule has 4 rings (SSSR count). The molecule has 196 valence electrons. The predicted molar refractivity (Wildman–Crippen MR) is 147 cm³/mol. The predicted octanol–water partition coefficient (Wildman–Crippen LogP) is 5.73. The molecule has 2 aromatic heterocycles. The first kappa shape index (κ1) is 26.5. The number of carbonyl (C=O) groups is 1. The molecule has 0 saturated carbocycles. The molecule has 4 aromatic rings. The van der Waals surface area contributed by atoms with Gasteiger partial charge in [0.1, 0.15) is 11.3 Å². The molecular weight excluding hydrogens is 480 g/mol. The van der Waals surface area contributed by atoms with Gasteiger partial charge in [0.05, 0.1) is 17.6 Å². The minimum Gasteiger partial charge on any atom is -0.444 e. The van der Waals surface area contributed by atoms with Gasteiger partial charge in [-0.05, 0) is 51.0 Å². The molecule has 0 aliphatic heterocycles. The van der Waals surface area contributed by atoms with E-state index in [0.717, 1.165) is 28.0 Å². The second-order valence-corrected chi connectivity index (χ2v) is 10.1. The van der Waals surface area contributed by atoms with Crippen LogP contribution in [-0.4, -0.2) is 50.9 Å². The topological polar surface area (TPSA) is 106 Å². The highest BCUT2D eigenvalue weighted by Crippen LogP contribution is 2.27. The monoisotopic (exact) mass is 512 g/mol. The third-order valence-corrected chi connectivity index (χ3v) is 5.67. The van der Waals surface area contributed by atoms with Crippen LogP contribution in [0, 0.1) is 6.92 Å². The number of rotatable bonds is 7. The number of alkyl carbamates (subject to hydrolysis) is 1. The molecule has 38 heavy (non-hydrogen) atoms. The van der Waals surface area contributed by atoms with Gasteiger partial charge in [0.25, 0.3) is 5.89 Å². The summed E-state index contributed by atoms with van der Waals surface area (Å²) in [6.07, 6.45) is 1.27. The Morgan fingerprint density at radius 2 is 1.63 bits per heavy atom. The molecule has 0 radical (unpaired) electrons. The molecule has 1 amide bonds. The van der Waals surface area contributed by atoms with E-state index in [1.54, 1.807) is 6.20 Å². The maximum atomic E-state index is 11.9. The maximum Gasteiger partial charge on any atom is 0.407 e. The van der Waals surface area contributed by atoms with E-state index in [0.29, 0.717) is 35.4 Å². The molecule has 0 atom stereocenters. The van der Waals surface area contributed by atoms with E-state index in [2.05, 4.69) is 27.1 Å². The van der Waals surface area contributed by atoms with Gasteiger partial charge in [-0.1, -0.05) is 43.0 Å². The summed E-state index contributed by atoms with van der Waals surface area (Å²) in [6.45, 7) is 11.8. The molecule has 0 saturated heterocycles. The Hall–Kier alpha value is -4.53. The summed E-state index contributed by atoms with van der Waals surface area (Å²) in [5, 5.41) is 11.2. The van der Waals surface area contributed by atoms with Gasteiger partial charge in [-0.3, -0.25) is 4.98 Å². The number of hydrogen-bond acceptors (Lipinski definition) is 8. The molecular formula is C29H32N6O3. The smallest absolute Gasteiger partial charge is 0.407 e. The molecule has 9 nitrogen and oxygen atoms in total. The summed E-state index contributed by atoms with van der Waals surface area (Å²) in [6, 6.07) is 15.5. The normalized spacial score (nSPS) is 11.2. The van der Waals surface area contributed by atoms with Gasteiger partial charge in [-0.25, -0.2) is 9.78 Å². The van der Waals surface area contributed by atoms with Gasteiger partial charge in [0, 0.05) is 37.5 Å². The van der Waals surface area contributed by atoms with Crippen LogP contribution in [0.1, 0.15) is 37.6 Å². The fourth-order valence-electron chi connectivity index (χ4n) is 3.57. The zero-order valence-corrected chi connectivity index (χ0v) is 22.6. The van der Waals surface area contributed by atoms with Crippen LogP contribution in [0.2, 0.25) is 0 Å². The SMILES string of the molecule is C=C(c1ccc(-c2cnc(C)c(-c3nnc(-c4ccc(CNC(=O)OC(C)(C)C)cc4)o3)n2)cc1)N(C)C. The lowest BCUT2D eigenvalue weighted by Crippen LogP contribution is -2.32. The van der Waals surface area contributed by atoms with Crippen LogP contribution in [0.3, 0.4) is 0 Å². The summed E-state index contributed by atoms with van der Waals surface area (Å²) in [5.41, 5.74) is 5.92. The van der Waals surface area contributed by atoms with E-state index in [-0.39, 0.29) is 0 Å². The van der Waals surface area contributed by atoms with Crippen molar-refractivity contribution in [2.45, 2.75) is 39.8 Å². The lowest BCUT2D eigenvalue weighted by molar-refractivity contribution is 0.0523. The van der Waals surface area contributed by atoms with Crippen LogP contribution < -0.4 is 5.32 Å². The number of carbonyl (C=O) groups excluding carboxylic acids is 1. The number of aryl methyl sites for hydroxylation is 1. The lowest BCUT2D eigenvalue weighted by Gasteiger charge is -2.19. The van der Waals surface area contributed by atoms with E-state index in [1.165, 1.54) is 0 Å². The first-order chi connectivity index (χ1) is 18.0. The summed E-state index contributed by atoms with van der Waals surface area (Å²) in [5.74, 6) is 0.657. The Kier molecular flexibility index (Phi) is 7.57. The van der Waals surface area contributed by atoms with Gasteiger partial charge >= 0.3 is 6.09 Å². The zero-order chi connectivity index (χ0) is 27.4. The van der Waals surface area contributed by atoms with E-state index >= 15 is 0 Å². The molecule has 0 aliphatic carbocycles. The van der Waals surface area contributed by atoms with Crippen molar-refractivity contribution in [1.29, 1.82) is 0 Å². The van der Waals surface area contributed by atoms with Gasteiger partial charge in [-0.2, -0.15) is 0 Å². The van der Waals surface area contributed by atoms with Crippen molar-refractivity contribution in [1.82, 2.24) is 30.4 Å². The second-order valence-electron chi connectivity index (χ2n) is 10.1.